The summed E-state index contributed by atoms with van der Waals surface area (Å²) in [4.78, 5) is 39.7. The lowest BCUT2D eigenvalue weighted by Gasteiger charge is -2.26. The largest absolute Gasteiger partial charge is 0.478 e. The van der Waals surface area contributed by atoms with Crippen LogP contribution in [0.1, 0.15) is 64.9 Å². The van der Waals surface area contributed by atoms with Crippen LogP contribution in [0.3, 0.4) is 0 Å². The molecule has 0 radical (unpaired) electrons. The average Bonchev–Trinajstić information content (AvgIpc) is 3.44. The van der Waals surface area contributed by atoms with Crippen LogP contribution in [0.15, 0.2) is 30.3 Å². The van der Waals surface area contributed by atoms with Crippen molar-refractivity contribution in [3.63, 3.8) is 0 Å². The minimum Gasteiger partial charge on any atom is -0.478 e. The van der Waals surface area contributed by atoms with Crippen LogP contribution in [-0.4, -0.2) is 34.3 Å². The van der Waals surface area contributed by atoms with E-state index in [4.69, 9.17) is 11.6 Å². The molecule has 33 heavy (non-hydrogen) atoms. The molecule has 1 aromatic heterocycles. The van der Waals surface area contributed by atoms with E-state index in [1.54, 1.807) is 23.1 Å². The Morgan fingerprint density at radius 2 is 1.91 bits per heavy atom. The highest BCUT2D eigenvalue weighted by Gasteiger charge is 2.30. The van der Waals surface area contributed by atoms with E-state index >= 15 is 0 Å². The molecule has 6 nitrogen and oxygen atoms in total. The van der Waals surface area contributed by atoms with Gasteiger partial charge in [-0.3, -0.25) is 9.59 Å². The van der Waals surface area contributed by atoms with Gasteiger partial charge in [-0.15, -0.1) is 11.3 Å². The van der Waals surface area contributed by atoms with Gasteiger partial charge in [-0.1, -0.05) is 49.4 Å². The first-order chi connectivity index (χ1) is 15.9. The van der Waals surface area contributed by atoms with Crippen LogP contribution in [0.25, 0.3) is 6.08 Å². The molecule has 174 valence electrons. The van der Waals surface area contributed by atoms with Crippen molar-refractivity contribution < 1.29 is 19.5 Å². The van der Waals surface area contributed by atoms with Crippen LogP contribution < -0.4 is 5.32 Å². The molecule has 2 aromatic rings. The summed E-state index contributed by atoms with van der Waals surface area (Å²) in [6, 6.07) is 7.20. The first-order valence-electron chi connectivity index (χ1n) is 11.3. The van der Waals surface area contributed by atoms with Crippen molar-refractivity contribution in [2.45, 2.75) is 51.5 Å². The summed E-state index contributed by atoms with van der Waals surface area (Å²) in [5.41, 5.74) is 1.77. The smallest absolute Gasteiger partial charge is 0.339 e. The number of thiophene rings is 1. The zero-order valence-electron chi connectivity index (χ0n) is 18.3. The fourth-order valence-corrected chi connectivity index (χ4v) is 5.97. The van der Waals surface area contributed by atoms with Gasteiger partial charge in [0.15, 0.2) is 0 Å². The third-order valence-electron chi connectivity index (χ3n) is 6.38. The quantitative estimate of drug-likeness (QED) is 0.498. The number of aromatic carboxylic acids is 1. The summed E-state index contributed by atoms with van der Waals surface area (Å²) in [7, 11) is 0. The fourth-order valence-electron chi connectivity index (χ4n) is 4.58. The van der Waals surface area contributed by atoms with Crippen molar-refractivity contribution in [1.82, 2.24) is 4.90 Å². The molecular weight excluding hydrogens is 460 g/mol. The van der Waals surface area contributed by atoms with Crippen LogP contribution in [-0.2, 0) is 22.6 Å². The lowest BCUT2D eigenvalue weighted by atomic mass is 10.0. The number of halogens is 1. The number of hydrogen-bond donors (Lipinski definition) is 2. The Bertz CT molecular complexity index is 1070. The van der Waals surface area contributed by atoms with Crippen LogP contribution in [0.4, 0.5) is 5.00 Å². The second kappa shape index (κ2) is 10.5. The van der Waals surface area contributed by atoms with E-state index in [0.29, 0.717) is 41.9 Å². The van der Waals surface area contributed by atoms with Gasteiger partial charge in [0, 0.05) is 28.9 Å². The summed E-state index contributed by atoms with van der Waals surface area (Å²) in [6.45, 7) is 0.769. The van der Waals surface area contributed by atoms with Crippen LogP contribution in [0.2, 0.25) is 5.02 Å². The molecule has 0 saturated heterocycles. The van der Waals surface area contributed by atoms with E-state index in [2.05, 4.69) is 5.32 Å². The Labute approximate surface area is 202 Å². The summed E-state index contributed by atoms with van der Waals surface area (Å²) >= 11 is 7.16. The number of carboxylic acid groups (broad SMARTS) is 1. The summed E-state index contributed by atoms with van der Waals surface area (Å²) in [5, 5.41) is 13.6. The van der Waals surface area contributed by atoms with Gasteiger partial charge in [-0.05, 0) is 48.1 Å². The third kappa shape index (κ3) is 5.84. The van der Waals surface area contributed by atoms with E-state index < -0.39 is 5.97 Å². The number of nitrogens with zero attached hydrogens (tertiary/aromatic N) is 1. The standard InChI is InChI=1S/C25H27ClN2O4S/c26-18-9-5-17(6-10-18)8-12-22(30)28-14-13-19-20(15-28)33-24(23(19)25(31)32)27-21(29)11-7-16-3-1-2-4-16/h5-6,8-10,12,16H,1-4,7,11,13-15H2,(H,27,29)(H,31,32)/b12-8+. The molecule has 2 heterocycles. The Morgan fingerprint density at radius 3 is 2.61 bits per heavy atom. The minimum absolute atomic E-state index is 0.136. The first kappa shape index (κ1) is 23.5. The van der Waals surface area contributed by atoms with Gasteiger partial charge in [-0.25, -0.2) is 4.79 Å². The highest BCUT2D eigenvalue weighted by molar-refractivity contribution is 7.17. The highest BCUT2D eigenvalue weighted by atomic mass is 35.5. The molecular formula is C25H27ClN2O4S. The van der Waals surface area contributed by atoms with Gasteiger partial charge < -0.3 is 15.3 Å². The normalized spacial score (nSPS) is 16.2. The zero-order valence-corrected chi connectivity index (χ0v) is 19.9. The maximum atomic E-state index is 12.7. The molecule has 1 saturated carbocycles. The Hall–Kier alpha value is -2.64. The molecule has 8 heteroatoms. The molecule has 0 unspecified atom stereocenters. The molecule has 1 aromatic carbocycles. The van der Waals surface area contributed by atoms with Crippen molar-refractivity contribution in [3.05, 3.63) is 56.9 Å². The van der Waals surface area contributed by atoms with E-state index in [0.717, 1.165) is 22.4 Å². The number of rotatable bonds is 7. The zero-order chi connectivity index (χ0) is 23.4. The monoisotopic (exact) mass is 486 g/mol. The van der Waals surface area contributed by atoms with Gasteiger partial charge in [0.1, 0.15) is 5.00 Å². The SMILES string of the molecule is O=C(CCC1CCCC1)Nc1sc2c(c1C(=O)O)CCN(C(=O)/C=C/c1ccc(Cl)cc1)C2. The van der Waals surface area contributed by atoms with Gasteiger partial charge >= 0.3 is 5.97 Å². The lowest BCUT2D eigenvalue weighted by Crippen LogP contribution is -2.34. The van der Waals surface area contributed by atoms with Gasteiger partial charge in [0.2, 0.25) is 11.8 Å². The van der Waals surface area contributed by atoms with Crippen LogP contribution in [0, 0.1) is 5.92 Å². The minimum atomic E-state index is -1.04. The lowest BCUT2D eigenvalue weighted by molar-refractivity contribution is -0.126. The molecule has 1 aliphatic heterocycles. The molecule has 2 N–H and O–H groups in total. The maximum Gasteiger partial charge on any atom is 0.339 e. The Balaban J connectivity index is 1.42. The van der Waals surface area contributed by atoms with Gasteiger partial charge in [-0.2, -0.15) is 0 Å². The molecule has 4 rings (SSSR count). The number of nitrogens with one attached hydrogen (secondary N) is 1. The second-order valence-corrected chi connectivity index (χ2v) is 10.2. The van der Waals surface area contributed by atoms with E-state index in [9.17, 15) is 19.5 Å². The van der Waals surface area contributed by atoms with Crippen molar-refractivity contribution in [2.75, 3.05) is 11.9 Å². The van der Waals surface area contributed by atoms with Crippen LogP contribution >= 0.6 is 22.9 Å². The van der Waals surface area contributed by atoms with E-state index in [1.807, 2.05) is 12.1 Å². The third-order valence-corrected chi connectivity index (χ3v) is 7.76. The summed E-state index contributed by atoms with van der Waals surface area (Å²) in [5.74, 6) is -0.711. The van der Waals surface area contributed by atoms with Crippen molar-refractivity contribution >= 4 is 51.8 Å². The number of carbonyl (C=O) groups is 3. The first-order valence-corrected chi connectivity index (χ1v) is 12.5. The van der Waals surface area contributed by atoms with Gasteiger partial charge in [0.05, 0.1) is 12.1 Å². The average molecular weight is 487 g/mol. The topological polar surface area (TPSA) is 86.7 Å². The molecule has 2 aliphatic rings. The number of carboxylic acids is 1. The number of hydrogen-bond acceptors (Lipinski definition) is 4. The van der Waals surface area contributed by atoms with Gasteiger partial charge in [0.25, 0.3) is 0 Å². The molecule has 0 spiro atoms. The molecule has 1 fully saturated rings. The number of amides is 2. The Kier molecular flexibility index (Phi) is 7.50. The predicted molar refractivity (Wildman–Crippen MR) is 131 cm³/mol. The number of benzene rings is 1. The number of carbonyl (C=O) groups excluding carboxylic acids is 2. The number of anilines is 1. The fraction of sp³-hybridized carbons (Fsp3) is 0.400. The summed E-state index contributed by atoms with van der Waals surface area (Å²) in [6.07, 6.45) is 9.79. The van der Waals surface area contributed by atoms with Crippen molar-refractivity contribution in [2.24, 2.45) is 5.92 Å². The molecule has 0 bridgehead atoms. The van der Waals surface area contributed by atoms with E-state index in [-0.39, 0.29) is 17.4 Å². The Morgan fingerprint density at radius 1 is 1.18 bits per heavy atom. The van der Waals surface area contributed by atoms with Crippen LogP contribution in [0.5, 0.6) is 0 Å². The molecule has 1 aliphatic carbocycles. The predicted octanol–water partition coefficient (Wildman–Crippen LogP) is 5.61. The van der Waals surface area contributed by atoms with E-state index in [1.165, 1.54) is 43.1 Å². The summed E-state index contributed by atoms with van der Waals surface area (Å²) < 4.78 is 0. The number of fused-ring (bicyclic) bond motifs is 1. The second-order valence-electron chi connectivity index (χ2n) is 8.65. The highest BCUT2D eigenvalue weighted by Crippen LogP contribution is 2.37. The molecule has 2 amide bonds. The van der Waals surface area contributed by atoms with Crippen molar-refractivity contribution in [3.8, 4) is 0 Å². The maximum absolute atomic E-state index is 12.7. The van der Waals surface area contributed by atoms with Crippen molar-refractivity contribution in [1.29, 1.82) is 0 Å². The molecule has 0 atom stereocenters.